The van der Waals surface area contributed by atoms with Gasteiger partial charge in [0.25, 0.3) is 11.6 Å². The van der Waals surface area contributed by atoms with Gasteiger partial charge >= 0.3 is 0 Å². The van der Waals surface area contributed by atoms with Gasteiger partial charge in [0.2, 0.25) is 0 Å². The van der Waals surface area contributed by atoms with Crippen LogP contribution in [0.4, 0.5) is 11.4 Å². The summed E-state index contributed by atoms with van der Waals surface area (Å²) in [7, 11) is 3.65. The van der Waals surface area contributed by atoms with Gasteiger partial charge in [-0.1, -0.05) is 24.3 Å². The van der Waals surface area contributed by atoms with E-state index in [1.807, 2.05) is 38.5 Å². The third kappa shape index (κ3) is 3.47. The van der Waals surface area contributed by atoms with Crippen LogP contribution in [0.25, 0.3) is 16.5 Å². The molecule has 1 amide bonds. The van der Waals surface area contributed by atoms with Crippen molar-refractivity contribution in [1.82, 2.24) is 9.88 Å². The van der Waals surface area contributed by atoms with E-state index in [1.165, 1.54) is 23.1 Å². The van der Waals surface area contributed by atoms with E-state index in [9.17, 15) is 14.9 Å². The van der Waals surface area contributed by atoms with Gasteiger partial charge in [0.05, 0.1) is 10.5 Å². The van der Waals surface area contributed by atoms with Gasteiger partial charge in [0.15, 0.2) is 0 Å². The average Bonchev–Trinajstić information content (AvgIpc) is 3.17. The number of aromatic amines is 1. The fourth-order valence-electron chi connectivity index (χ4n) is 3.80. The number of amides is 1. The molecule has 2 heterocycles. The number of nitro groups is 1. The van der Waals surface area contributed by atoms with Crippen molar-refractivity contribution < 1.29 is 9.72 Å². The zero-order valence-corrected chi connectivity index (χ0v) is 16.4. The Hall–Kier alpha value is -3.61. The largest absolute Gasteiger partial charge is 0.377 e. The number of anilines is 1. The Morgan fingerprint density at radius 1 is 1.21 bits per heavy atom. The van der Waals surface area contributed by atoms with E-state index < -0.39 is 4.92 Å². The monoisotopic (exact) mass is 390 g/mol. The van der Waals surface area contributed by atoms with Crippen molar-refractivity contribution in [1.29, 1.82) is 0 Å². The van der Waals surface area contributed by atoms with Crippen molar-refractivity contribution in [3.8, 4) is 0 Å². The summed E-state index contributed by atoms with van der Waals surface area (Å²) < 4.78 is 0. The van der Waals surface area contributed by atoms with Gasteiger partial charge in [-0.2, -0.15) is 0 Å². The highest BCUT2D eigenvalue weighted by Crippen LogP contribution is 2.31. The molecule has 0 saturated heterocycles. The molecule has 1 N–H and O–H groups in total. The van der Waals surface area contributed by atoms with Gasteiger partial charge in [-0.3, -0.25) is 14.9 Å². The lowest BCUT2D eigenvalue weighted by atomic mass is 9.98. The first kappa shape index (κ1) is 18.7. The lowest BCUT2D eigenvalue weighted by molar-refractivity contribution is -0.384. The van der Waals surface area contributed by atoms with Gasteiger partial charge in [0.1, 0.15) is 0 Å². The molecule has 0 bridgehead atoms. The molecule has 1 aliphatic rings. The second kappa shape index (κ2) is 7.43. The van der Waals surface area contributed by atoms with Gasteiger partial charge in [0, 0.05) is 67.7 Å². The van der Waals surface area contributed by atoms with Crippen LogP contribution in [0.5, 0.6) is 0 Å². The number of rotatable bonds is 4. The molecule has 7 nitrogen and oxygen atoms in total. The van der Waals surface area contributed by atoms with Crippen molar-refractivity contribution >= 4 is 33.8 Å². The van der Waals surface area contributed by atoms with Crippen LogP contribution in [-0.4, -0.2) is 47.9 Å². The van der Waals surface area contributed by atoms with Crippen molar-refractivity contribution in [3.05, 3.63) is 76.0 Å². The molecule has 2 aromatic carbocycles. The van der Waals surface area contributed by atoms with E-state index in [-0.39, 0.29) is 11.6 Å². The van der Waals surface area contributed by atoms with E-state index in [4.69, 9.17) is 0 Å². The minimum Gasteiger partial charge on any atom is -0.377 e. The molecule has 0 spiro atoms. The zero-order chi connectivity index (χ0) is 20.5. The fraction of sp³-hybridized carbons (Fsp3) is 0.227. The van der Waals surface area contributed by atoms with Crippen molar-refractivity contribution in [2.75, 3.05) is 32.1 Å². The Bertz CT molecular complexity index is 1130. The molecule has 0 atom stereocenters. The van der Waals surface area contributed by atoms with Gasteiger partial charge in [-0.05, 0) is 24.1 Å². The normalized spacial score (nSPS) is 14.0. The van der Waals surface area contributed by atoms with Crippen molar-refractivity contribution in [3.63, 3.8) is 0 Å². The molecular weight excluding hydrogens is 368 g/mol. The minimum absolute atomic E-state index is 0.0778. The number of para-hydroxylation sites is 1. The number of fused-ring (bicyclic) bond motifs is 1. The Morgan fingerprint density at radius 2 is 2.00 bits per heavy atom. The lowest BCUT2D eigenvalue weighted by Gasteiger charge is -2.28. The number of aromatic nitrogens is 1. The summed E-state index contributed by atoms with van der Waals surface area (Å²) in [5, 5.41) is 12.3. The molecular formula is C22H22N4O3. The highest BCUT2D eigenvalue weighted by atomic mass is 16.6. The molecule has 0 unspecified atom stereocenters. The number of hydrogen-bond donors (Lipinski definition) is 1. The maximum absolute atomic E-state index is 13.1. The Morgan fingerprint density at radius 3 is 2.69 bits per heavy atom. The smallest absolute Gasteiger partial charge is 0.270 e. The molecule has 3 aromatic rings. The molecule has 1 aliphatic heterocycles. The van der Waals surface area contributed by atoms with Crippen LogP contribution >= 0.6 is 0 Å². The number of carbonyl (C=O) groups is 1. The third-order valence-electron chi connectivity index (χ3n) is 5.33. The summed E-state index contributed by atoms with van der Waals surface area (Å²) >= 11 is 0. The quantitative estimate of drug-likeness (QED) is 0.538. The first-order valence-corrected chi connectivity index (χ1v) is 9.46. The molecule has 0 radical (unpaired) electrons. The van der Waals surface area contributed by atoms with E-state index >= 15 is 0 Å². The first-order valence-electron chi connectivity index (χ1n) is 9.46. The van der Waals surface area contributed by atoms with E-state index in [1.54, 1.807) is 15.9 Å². The Kier molecular flexibility index (Phi) is 4.80. The molecule has 29 heavy (non-hydrogen) atoms. The number of hydrogen-bond acceptors (Lipinski definition) is 4. The predicted molar refractivity (Wildman–Crippen MR) is 114 cm³/mol. The second-order valence-electron chi connectivity index (χ2n) is 7.33. The summed E-state index contributed by atoms with van der Waals surface area (Å²) in [6.45, 7) is 1.04. The standard InChI is InChI=1S/C22H22N4O3/c1-24(2)21-8-7-16(26(28)29)13-18(21)22(27)25-11-9-15(10-12-25)19-14-23-20-6-4-3-5-17(19)20/h3-9,13-14,23H,10-12H2,1-2H3. The maximum atomic E-state index is 13.1. The fourth-order valence-corrected chi connectivity index (χ4v) is 3.80. The number of nitrogens with one attached hydrogen (secondary N) is 1. The predicted octanol–water partition coefficient (Wildman–Crippen LogP) is 4.07. The zero-order valence-electron chi connectivity index (χ0n) is 16.4. The van der Waals surface area contributed by atoms with Crippen LogP contribution in [0.3, 0.4) is 0 Å². The van der Waals surface area contributed by atoms with Crippen LogP contribution in [0, 0.1) is 10.1 Å². The lowest BCUT2D eigenvalue weighted by Crippen LogP contribution is -2.35. The van der Waals surface area contributed by atoms with E-state index in [0.717, 1.165) is 17.5 Å². The number of H-pyrrole nitrogens is 1. The molecule has 7 heteroatoms. The number of nitrogens with zero attached hydrogens (tertiary/aromatic N) is 3. The highest BCUT2D eigenvalue weighted by Gasteiger charge is 2.25. The molecule has 0 aliphatic carbocycles. The van der Waals surface area contributed by atoms with Crippen LogP contribution < -0.4 is 4.90 Å². The van der Waals surface area contributed by atoms with Crippen molar-refractivity contribution in [2.24, 2.45) is 0 Å². The van der Waals surface area contributed by atoms with Crippen molar-refractivity contribution in [2.45, 2.75) is 6.42 Å². The van der Waals surface area contributed by atoms with Crippen LogP contribution in [0.2, 0.25) is 0 Å². The number of non-ortho nitro benzene ring substituents is 1. The van der Waals surface area contributed by atoms with Crippen LogP contribution in [-0.2, 0) is 0 Å². The SMILES string of the molecule is CN(C)c1ccc([N+](=O)[O-])cc1C(=O)N1CC=C(c2c[nH]c3ccccc23)CC1. The molecule has 0 fully saturated rings. The molecule has 0 saturated carbocycles. The summed E-state index contributed by atoms with van der Waals surface area (Å²) in [6, 6.07) is 12.6. The van der Waals surface area contributed by atoms with E-state index in [0.29, 0.717) is 24.3 Å². The molecule has 148 valence electrons. The minimum atomic E-state index is -0.471. The Labute approximate surface area is 168 Å². The molecule has 4 rings (SSSR count). The summed E-state index contributed by atoms with van der Waals surface area (Å²) in [5.74, 6) is -0.188. The first-order chi connectivity index (χ1) is 14.0. The summed E-state index contributed by atoms with van der Waals surface area (Å²) in [5.41, 5.74) is 4.41. The highest BCUT2D eigenvalue weighted by molar-refractivity contribution is 6.01. The van der Waals surface area contributed by atoms with Gasteiger partial charge < -0.3 is 14.8 Å². The topological polar surface area (TPSA) is 82.5 Å². The third-order valence-corrected chi connectivity index (χ3v) is 5.33. The second-order valence-corrected chi connectivity index (χ2v) is 7.33. The summed E-state index contributed by atoms with van der Waals surface area (Å²) in [6.07, 6.45) is 4.82. The average molecular weight is 390 g/mol. The maximum Gasteiger partial charge on any atom is 0.270 e. The Balaban J connectivity index is 1.61. The van der Waals surface area contributed by atoms with Crippen LogP contribution in [0.1, 0.15) is 22.3 Å². The number of nitro benzene ring substituents is 1. The van der Waals surface area contributed by atoms with E-state index in [2.05, 4.69) is 17.1 Å². The number of benzene rings is 2. The van der Waals surface area contributed by atoms with Gasteiger partial charge in [-0.25, -0.2) is 0 Å². The van der Waals surface area contributed by atoms with Gasteiger partial charge in [-0.15, -0.1) is 0 Å². The summed E-state index contributed by atoms with van der Waals surface area (Å²) in [4.78, 5) is 30.7. The number of carbonyl (C=O) groups excluding carboxylic acids is 1. The van der Waals surface area contributed by atoms with Crippen LogP contribution in [0.15, 0.2) is 54.7 Å². The molecule has 1 aromatic heterocycles.